The topological polar surface area (TPSA) is 82.2 Å². The molecule has 1 fully saturated rings. The molecule has 202 valence electrons. The first-order valence-electron chi connectivity index (χ1n) is 12.4. The van der Waals surface area contributed by atoms with E-state index in [4.69, 9.17) is 27.9 Å². The van der Waals surface area contributed by atoms with Crippen LogP contribution in [-0.2, 0) is 9.53 Å². The summed E-state index contributed by atoms with van der Waals surface area (Å²) < 4.78 is 5.45. The Morgan fingerprint density at radius 2 is 2.03 bits per heavy atom. The highest BCUT2D eigenvalue weighted by Gasteiger charge is 2.39. The van der Waals surface area contributed by atoms with Crippen LogP contribution in [-0.4, -0.2) is 78.0 Å². The number of thiophene rings is 1. The van der Waals surface area contributed by atoms with E-state index in [1.807, 2.05) is 29.3 Å². The standard InChI is InChI=1S/C27H30Cl2N4O4S/c1-4-10-33-21(16-31-11-12-32(17(3)15-31)25(34)22-7-6-13-38-22)23(26(35)37-5-2)24(30-27(33)36)18-8-9-19(28)20(29)14-18/h4,6-9,13-14,17,24H,1,5,10-12,15-16H2,2-3H3,(H,30,36). The molecule has 0 radical (unpaired) electrons. The number of amides is 3. The summed E-state index contributed by atoms with van der Waals surface area (Å²) >= 11 is 13.8. The summed E-state index contributed by atoms with van der Waals surface area (Å²) in [6.45, 7) is 9.94. The van der Waals surface area contributed by atoms with Crippen molar-refractivity contribution in [2.45, 2.75) is 25.9 Å². The summed E-state index contributed by atoms with van der Waals surface area (Å²) in [5.41, 5.74) is 1.48. The minimum Gasteiger partial charge on any atom is -0.463 e. The number of piperazine rings is 1. The van der Waals surface area contributed by atoms with Gasteiger partial charge in [-0.05, 0) is 43.0 Å². The summed E-state index contributed by atoms with van der Waals surface area (Å²) in [7, 11) is 0. The number of urea groups is 1. The first-order chi connectivity index (χ1) is 18.2. The monoisotopic (exact) mass is 576 g/mol. The summed E-state index contributed by atoms with van der Waals surface area (Å²) in [6, 6.07) is 7.53. The highest BCUT2D eigenvalue weighted by atomic mass is 35.5. The Balaban J connectivity index is 1.68. The van der Waals surface area contributed by atoms with Crippen LogP contribution in [0, 0.1) is 0 Å². The molecule has 2 aliphatic heterocycles. The lowest BCUT2D eigenvalue weighted by Crippen LogP contribution is -2.56. The van der Waals surface area contributed by atoms with Gasteiger partial charge in [0.05, 0.1) is 33.1 Å². The van der Waals surface area contributed by atoms with Gasteiger partial charge in [-0.3, -0.25) is 14.6 Å². The number of carbonyl (C=O) groups is 3. The van der Waals surface area contributed by atoms with Crippen LogP contribution >= 0.6 is 34.5 Å². The molecular weight excluding hydrogens is 547 g/mol. The summed E-state index contributed by atoms with van der Waals surface area (Å²) in [5, 5.41) is 5.51. The smallest absolute Gasteiger partial charge is 0.338 e. The Labute approximate surface area is 236 Å². The van der Waals surface area contributed by atoms with E-state index in [0.717, 1.165) is 0 Å². The fraction of sp³-hybridized carbons (Fsp3) is 0.370. The number of nitrogens with zero attached hydrogens (tertiary/aromatic N) is 3. The van der Waals surface area contributed by atoms with Crippen molar-refractivity contribution in [3.05, 3.63) is 80.1 Å². The molecule has 0 saturated carbocycles. The van der Waals surface area contributed by atoms with E-state index in [2.05, 4.69) is 16.8 Å². The van der Waals surface area contributed by atoms with Crippen LogP contribution in [0.2, 0.25) is 10.0 Å². The van der Waals surface area contributed by atoms with Gasteiger partial charge in [0, 0.05) is 44.5 Å². The molecule has 1 aromatic carbocycles. The molecule has 4 rings (SSSR count). The van der Waals surface area contributed by atoms with E-state index in [-0.39, 0.29) is 31.1 Å². The molecule has 2 unspecified atom stereocenters. The highest BCUT2D eigenvalue weighted by Crippen LogP contribution is 2.35. The zero-order chi connectivity index (χ0) is 27.4. The maximum Gasteiger partial charge on any atom is 0.338 e. The molecule has 2 aliphatic rings. The van der Waals surface area contributed by atoms with Crippen LogP contribution < -0.4 is 5.32 Å². The van der Waals surface area contributed by atoms with Gasteiger partial charge in [-0.25, -0.2) is 9.59 Å². The Bertz CT molecular complexity index is 1250. The van der Waals surface area contributed by atoms with Gasteiger partial charge in [0.25, 0.3) is 5.91 Å². The molecule has 3 heterocycles. The molecule has 1 aromatic heterocycles. The quantitative estimate of drug-likeness (QED) is 0.354. The second-order valence-corrected chi connectivity index (χ2v) is 10.9. The van der Waals surface area contributed by atoms with Gasteiger partial charge < -0.3 is 15.0 Å². The fourth-order valence-corrected chi connectivity index (χ4v) is 5.80. The van der Waals surface area contributed by atoms with Gasteiger partial charge in [0.1, 0.15) is 0 Å². The lowest BCUT2D eigenvalue weighted by Gasteiger charge is -2.42. The van der Waals surface area contributed by atoms with Crippen molar-refractivity contribution in [3.63, 3.8) is 0 Å². The number of esters is 1. The SMILES string of the molecule is C=CCN1C(=O)NC(c2ccc(Cl)c(Cl)c2)C(C(=O)OCC)=C1CN1CCN(C(=O)c2cccs2)C(C)C1. The second kappa shape index (κ2) is 12.3. The van der Waals surface area contributed by atoms with Gasteiger partial charge in [0.2, 0.25) is 0 Å². The molecule has 0 aliphatic carbocycles. The summed E-state index contributed by atoms with van der Waals surface area (Å²) in [4.78, 5) is 45.9. The third kappa shape index (κ3) is 5.91. The molecule has 0 bridgehead atoms. The molecule has 1 N–H and O–H groups in total. The van der Waals surface area contributed by atoms with Gasteiger partial charge in [-0.1, -0.05) is 41.4 Å². The molecule has 11 heteroatoms. The van der Waals surface area contributed by atoms with Crippen molar-refractivity contribution >= 4 is 52.4 Å². The first-order valence-corrected chi connectivity index (χ1v) is 14.0. The van der Waals surface area contributed by atoms with Gasteiger partial charge in [-0.2, -0.15) is 0 Å². The van der Waals surface area contributed by atoms with E-state index in [1.54, 1.807) is 31.2 Å². The number of rotatable bonds is 8. The summed E-state index contributed by atoms with van der Waals surface area (Å²) in [6.07, 6.45) is 1.61. The van der Waals surface area contributed by atoms with Crippen molar-refractivity contribution in [3.8, 4) is 0 Å². The van der Waals surface area contributed by atoms with Crippen LogP contribution in [0.3, 0.4) is 0 Å². The van der Waals surface area contributed by atoms with E-state index >= 15 is 0 Å². The Morgan fingerprint density at radius 3 is 2.66 bits per heavy atom. The maximum absolute atomic E-state index is 13.4. The molecule has 2 aromatic rings. The number of hydrogen-bond donors (Lipinski definition) is 1. The van der Waals surface area contributed by atoms with Crippen molar-refractivity contribution in [2.24, 2.45) is 0 Å². The largest absolute Gasteiger partial charge is 0.463 e. The lowest BCUT2D eigenvalue weighted by molar-refractivity contribution is -0.139. The second-order valence-electron chi connectivity index (χ2n) is 9.10. The van der Waals surface area contributed by atoms with Crippen LogP contribution in [0.5, 0.6) is 0 Å². The number of halogens is 2. The maximum atomic E-state index is 13.4. The fourth-order valence-electron chi connectivity index (χ4n) is 4.82. The minimum atomic E-state index is -0.772. The predicted octanol–water partition coefficient (Wildman–Crippen LogP) is 4.97. The number of nitrogens with one attached hydrogen (secondary N) is 1. The van der Waals surface area contributed by atoms with E-state index < -0.39 is 12.0 Å². The third-order valence-electron chi connectivity index (χ3n) is 6.60. The number of hydrogen-bond acceptors (Lipinski definition) is 6. The van der Waals surface area contributed by atoms with E-state index in [9.17, 15) is 14.4 Å². The van der Waals surface area contributed by atoms with Crippen molar-refractivity contribution in [1.82, 2.24) is 20.0 Å². The first kappa shape index (κ1) is 28.2. The molecule has 0 spiro atoms. The van der Waals surface area contributed by atoms with E-state index in [1.165, 1.54) is 16.2 Å². The Hall–Kier alpha value is -2.85. The number of benzene rings is 1. The molecule has 2 atom stereocenters. The number of carbonyl (C=O) groups excluding carboxylic acids is 3. The van der Waals surface area contributed by atoms with Crippen LogP contribution in [0.25, 0.3) is 0 Å². The third-order valence-corrected chi connectivity index (χ3v) is 8.20. The number of ether oxygens (including phenoxy) is 1. The molecule has 38 heavy (non-hydrogen) atoms. The zero-order valence-electron chi connectivity index (χ0n) is 21.3. The minimum absolute atomic E-state index is 0.0172. The Kier molecular flexibility index (Phi) is 9.15. The zero-order valence-corrected chi connectivity index (χ0v) is 23.6. The Morgan fingerprint density at radius 1 is 1.24 bits per heavy atom. The van der Waals surface area contributed by atoms with Crippen LogP contribution in [0.1, 0.15) is 35.1 Å². The van der Waals surface area contributed by atoms with Crippen LogP contribution in [0.15, 0.2) is 59.6 Å². The lowest BCUT2D eigenvalue weighted by atomic mass is 9.94. The average Bonchev–Trinajstić information content (AvgIpc) is 3.42. The van der Waals surface area contributed by atoms with Crippen molar-refractivity contribution in [2.75, 3.05) is 39.3 Å². The average molecular weight is 578 g/mol. The summed E-state index contributed by atoms with van der Waals surface area (Å²) in [5.74, 6) is -0.504. The molecular formula is C27H30Cl2N4O4S. The van der Waals surface area contributed by atoms with Gasteiger partial charge in [-0.15, -0.1) is 17.9 Å². The predicted molar refractivity (Wildman–Crippen MR) is 150 cm³/mol. The molecule has 1 saturated heterocycles. The van der Waals surface area contributed by atoms with Gasteiger partial charge >= 0.3 is 12.0 Å². The molecule has 3 amide bonds. The van der Waals surface area contributed by atoms with Crippen molar-refractivity contribution in [1.29, 1.82) is 0 Å². The highest BCUT2D eigenvalue weighted by molar-refractivity contribution is 7.12. The molecule has 8 nitrogen and oxygen atoms in total. The van der Waals surface area contributed by atoms with Crippen LogP contribution in [0.4, 0.5) is 4.79 Å². The van der Waals surface area contributed by atoms with E-state index in [0.29, 0.717) is 57.9 Å². The normalized spacial score (nSPS) is 20.4. The van der Waals surface area contributed by atoms with Gasteiger partial charge in [0.15, 0.2) is 0 Å². The van der Waals surface area contributed by atoms with Crippen molar-refractivity contribution < 1.29 is 19.1 Å².